The Balaban J connectivity index is 1.79. The number of benzene rings is 1. The second-order valence-corrected chi connectivity index (χ2v) is 7.07. The molecule has 1 aromatic heterocycles. The summed E-state index contributed by atoms with van der Waals surface area (Å²) in [4.78, 5) is 26.6. The Bertz CT molecular complexity index is 808. The molecule has 1 aromatic carbocycles. The fourth-order valence-electron chi connectivity index (χ4n) is 3.27. The molecule has 0 radical (unpaired) electrons. The van der Waals surface area contributed by atoms with E-state index in [-0.39, 0.29) is 17.6 Å². The lowest BCUT2D eigenvalue weighted by atomic mass is 9.92. The molecule has 0 saturated carbocycles. The Hall–Kier alpha value is -2.12. The van der Waals surface area contributed by atoms with E-state index < -0.39 is 0 Å². The minimum Gasteiger partial charge on any atom is -0.408 e. The van der Waals surface area contributed by atoms with Crippen LogP contribution in [0.5, 0.6) is 0 Å². The molecule has 25 heavy (non-hydrogen) atoms. The lowest BCUT2D eigenvalue weighted by Gasteiger charge is -2.27. The van der Waals surface area contributed by atoms with Crippen molar-refractivity contribution in [2.45, 2.75) is 32.4 Å². The Morgan fingerprint density at radius 3 is 2.96 bits per heavy atom. The van der Waals surface area contributed by atoms with Gasteiger partial charge in [-0.1, -0.05) is 0 Å². The van der Waals surface area contributed by atoms with Crippen LogP contribution in [-0.4, -0.2) is 48.6 Å². The molecule has 2 aromatic rings. The maximum Gasteiger partial charge on any atom is 0.419 e. The summed E-state index contributed by atoms with van der Waals surface area (Å²) in [7, 11) is 3.91. The smallest absolute Gasteiger partial charge is 0.408 e. The van der Waals surface area contributed by atoms with Gasteiger partial charge in [-0.15, -0.1) is 0 Å². The Morgan fingerprint density at radius 2 is 2.24 bits per heavy atom. The number of aromatic nitrogens is 1. The maximum atomic E-state index is 12.5. The van der Waals surface area contributed by atoms with Gasteiger partial charge in [-0.2, -0.15) is 0 Å². The molecular formula is C18H26N4O3. The summed E-state index contributed by atoms with van der Waals surface area (Å²) in [5.41, 5.74) is 1.95. The third-order valence-corrected chi connectivity index (χ3v) is 4.70. The first-order chi connectivity index (χ1) is 11.9. The van der Waals surface area contributed by atoms with Crippen molar-refractivity contribution < 1.29 is 9.21 Å². The van der Waals surface area contributed by atoms with E-state index in [1.807, 2.05) is 25.1 Å². The van der Waals surface area contributed by atoms with Crippen LogP contribution in [0.2, 0.25) is 0 Å². The highest BCUT2D eigenvalue weighted by Crippen LogP contribution is 2.22. The molecule has 0 bridgehead atoms. The molecule has 0 unspecified atom stereocenters. The van der Waals surface area contributed by atoms with Gasteiger partial charge in [0.15, 0.2) is 5.58 Å². The van der Waals surface area contributed by atoms with E-state index in [2.05, 4.69) is 17.6 Å². The molecule has 2 atom stereocenters. The number of likely N-dealkylation sites (N-methyl/N-ethyl adjacent to an activating group) is 1. The minimum absolute atomic E-state index is 0.0206. The topological polar surface area (TPSA) is 79.5 Å². The van der Waals surface area contributed by atoms with E-state index in [9.17, 15) is 9.59 Å². The molecule has 2 heterocycles. The van der Waals surface area contributed by atoms with Crippen LogP contribution in [0.1, 0.15) is 19.8 Å². The van der Waals surface area contributed by atoms with Gasteiger partial charge in [0, 0.05) is 30.7 Å². The zero-order valence-corrected chi connectivity index (χ0v) is 15.0. The van der Waals surface area contributed by atoms with Gasteiger partial charge in [-0.25, -0.2) is 4.79 Å². The molecule has 7 heteroatoms. The number of oxazole rings is 1. The highest BCUT2D eigenvalue weighted by molar-refractivity contribution is 5.94. The van der Waals surface area contributed by atoms with E-state index in [4.69, 9.17) is 4.42 Å². The average molecular weight is 346 g/mol. The second kappa shape index (κ2) is 7.41. The first kappa shape index (κ1) is 17.7. The van der Waals surface area contributed by atoms with Crippen LogP contribution in [0.25, 0.3) is 11.1 Å². The largest absolute Gasteiger partial charge is 0.419 e. The summed E-state index contributed by atoms with van der Waals surface area (Å²) < 4.78 is 6.90. The first-order valence-corrected chi connectivity index (χ1v) is 8.76. The molecular weight excluding hydrogens is 320 g/mol. The monoisotopic (exact) mass is 346 g/mol. The lowest BCUT2D eigenvalue weighted by molar-refractivity contribution is -0.120. The van der Waals surface area contributed by atoms with Gasteiger partial charge in [0.1, 0.15) is 0 Å². The van der Waals surface area contributed by atoms with Crippen molar-refractivity contribution in [2.24, 2.45) is 5.92 Å². The fourth-order valence-corrected chi connectivity index (χ4v) is 3.27. The van der Waals surface area contributed by atoms with E-state index in [0.717, 1.165) is 25.9 Å². The molecule has 7 nitrogen and oxygen atoms in total. The third-order valence-electron chi connectivity index (χ3n) is 4.70. The lowest BCUT2D eigenvalue weighted by Crippen LogP contribution is -2.40. The van der Waals surface area contributed by atoms with Crippen molar-refractivity contribution in [2.75, 3.05) is 32.5 Å². The van der Waals surface area contributed by atoms with E-state index in [1.165, 1.54) is 0 Å². The number of hydrogen-bond acceptors (Lipinski definition) is 5. The molecule has 136 valence electrons. The van der Waals surface area contributed by atoms with Gasteiger partial charge >= 0.3 is 5.76 Å². The summed E-state index contributed by atoms with van der Waals surface area (Å²) in [6.45, 7) is 4.24. The number of nitrogens with one attached hydrogen (secondary N) is 2. The van der Waals surface area contributed by atoms with Gasteiger partial charge in [0.05, 0.1) is 5.52 Å². The van der Waals surface area contributed by atoms with Crippen LogP contribution in [0.4, 0.5) is 5.69 Å². The summed E-state index contributed by atoms with van der Waals surface area (Å²) in [6.07, 6.45) is 1.69. The van der Waals surface area contributed by atoms with Gasteiger partial charge < -0.3 is 20.0 Å². The standard InChI is InChI=1S/C18H26N4O3/c1-12-10-13(6-7-19-12)17(23)20-14-4-5-16-15(11-14)22(18(24)25-16)9-8-21(2)3/h4-5,11-13,19H,6-10H2,1-3H3,(H,20,23)/t12-,13-/m0/s1. The van der Waals surface area contributed by atoms with E-state index in [0.29, 0.717) is 29.4 Å². The fraction of sp³-hybridized carbons (Fsp3) is 0.556. The summed E-state index contributed by atoms with van der Waals surface area (Å²) >= 11 is 0. The van der Waals surface area contributed by atoms with Crippen molar-refractivity contribution in [3.63, 3.8) is 0 Å². The molecule has 2 N–H and O–H groups in total. The predicted molar refractivity (Wildman–Crippen MR) is 97.8 cm³/mol. The Labute approximate surface area is 147 Å². The number of hydrogen-bond donors (Lipinski definition) is 2. The Morgan fingerprint density at radius 1 is 1.44 bits per heavy atom. The van der Waals surface area contributed by atoms with Crippen LogP contribution in [0.15, 0.2) is 27.4 Å². The number of piperidine rings is 1. The number of fused-ring (bicyclic) bond motifs is 1. The number of carbonyl (C=O) groups is 1. The van der Waals surface area contributed by atoms with Crippen LogP contribution in [0.3, 0.4) is 0 Å². The molecule has 0 spiro atoms. The third kappa shape index (κ3) is 4.11. The maximum absolute atomic E-state index is 12.5. The summed E-state index contributed by atoms with van der Waals surface area (Å²) in [6, 6.07) is 5.70. The van der Waals surface area contributed by atoms with Crippen molar-refractivity contribution in [3.8, 4) is 0 Å². The zero-order valence-electron chi connectivity index (χ0n) is 15.0. The van der Waals surface area contributed by atoms with Crippen molar-refractivity contribution in [3.05, 3.63) is 28.7 Å². The normalized spacial score (nSPS) is 21.0. The number of anilines is 1. The highest BCUT2D eigenvalue weighted by atomic mass is 16.4. The highest BCUT2D eigenvalue weighted by Gasteiger charge is 2.24. The van der Waals surface area contributed by atoms with Gasteiger partial charge in [-0.05, 0) is 58.6 Å². The van der Waals surface area contributed by atoms with E-state index >= 15 is 0 Å². The summed E-state index contributed by atoms with van der Waals surface area (Å²) in [5, 5.41) is 6.35. The zero-order chi connectivity index (χ0) is 18.0. The molecule has 1 aliphatic heterocycles. The molecule has 1 saturated heterocycles. The predicted octanol–water partition coefficient (Wildman–Crippen LogP) is 1.48. The van der Waals surface area contributed by atoms with Crippen LogP contribution >= 0.6 is 0 Å². The number of carbonyl (C=O) groups excluding carboxylic acids is 1. The SMILES string of the molecule is C[C@H]1C[C@@H](C(=O)Nc2ccc3oc(=O)n(CCN(C)C)c3c2)CCN1. The molecule has 0 aliphatic carbocycles. The number of nitrogens with zero attached hydrogens (tertiary/aromatic N) is 2. The molecule has 1 fully saturated rings. The van der Waals surface area contributed by atoms with Gasteiger partial charge in [-0.3, -0.25) is 9.36 Å². The first-order valence-electron chi connectivity index (χ1n) is 8.76. The van der Waals surface area contributed by atoms with Gasteiger partial charge in [0.2, 0.25) is 5.91 Å². The second-order valence-electron chi connectivity index (χ2n) is 7.07. The van der Waals surface area contributed by atoms with Crippen molar-refractivity contribution in [1.29, 1.82) is 0 Å². The van der Waals surface area contributed by atoms with Crippen molar-refractivity contribution in [1.82, 2.24) is 14.8 Å². The average Bonchev–Trinajstić information content (AvgIpc) is 2.87. The summed E-state index contributed by atoms with van der Waals surface area (Å²) in [5.74, 6) is -0.307. The van der Waals surface area contributed by atoms with Crippen molar-refractivity contribution >= 4 is 22.7 Å². The molecule has 3 rings (SSSR count). The molecule has 1 amide bonds. The van der Waals surface area contributed by atoms with Gasteiger partial charge in [0.25, 0.3) is 0 Å². The van der Waals surface area contributed by atoms with E-state index in [1.54, 1.807) is 16.7 Å². The van der Waals surface area contributed by atoms with Crippen LogP contribution in [-0.2, 0) is 11.3 Å². The number of amides is 1. The Kier molecular flexibility index (Phi) is 5.24. The quantitative estimate of drug-likeness (QED) is 0.857. The van der Waals surface area contributed by atoms with Crippen LogP contribution < -0.4 is 16.4 Å². The number of rotatable bonds is 5. The minimum atomic E-state index is -0.368. The van der Waals surface area contributed by atoms with Crippen LogP contribution in [0, 0.1) is 5.92 Å². The molecule has 1 aliphatic rings.